The summed E-state index contributed by atoms with van der Waals surface area (Å²) in [7, 11) is 0. The van der Waals surface area contributed by atoms with E-state index in [0.717, 1.165) is 11.3 Å². The van der Waals surface area contributed by atoms with Crippen molar-refractivity contribution in [3.63, 3.8) is 0 Å². The van der Waals surface area contributed by atoms with Crippen molar-refractivity contribution in [3.05, 3.63) is 21.3 Å². The second-order valence-electron chi connectivity index (χ2n) is 4.20. The van der Waals surface area contributed by atoms with Crippen LogP contribution >= 0.6 is 22.9 Å². The van der Waals surface area contributed by atoms with Gasteiger partial charge in [-0.15, -0.1) is 11.3 Å². The standard InChI is InChI=1S/C11H18ClNOS/c1-7(2)5-8(6-13)10(14)11-9(12)3-4-15-11/h3-4,7-8,10,14H,5-6,13H2,1-2H3. The number of aliphatic hydroxyl groups excluding tert-OH is 1. The number of rotatable bonds is 5. The molecule has 86 valence electrons. The molecule has 3 N–H and O–H groups in total. The van der Waals surface area contributed by atoms with Crippen molar-refractivity contribution >= 4 is 22.9 Å². The Morgan fingerprint density at radius 2 is 2.20 bits per heavy atom. The molecule has 1 aromatic rings. The fraction of sp³-hybridized carbons (Fsp3) is 0.636. The highest BCUT2D eigenvalue weighted by Crippen LogP contribution is 2.34. The lowest BCUT2D eigenvalue weighted by atomic mass is 9.91. The Balaban J connectivity index is 2.73. The Hall–Kier alpha value is -0.0900. The highest BCUT2D eigenvalue weighted by molar-refractivity contribution is 7.10. The van der Waals surface area contributed by atoms with Gasteiger partial charge in [-0.25, -0.2) is 0 Å². The van der Waals surface area contributed by atoms with Crippen LogP contribution < -0.4 is 5.73 Å². The van der Waals surface area contributed by atoms with Crippen molar-refractivity contribution in [2.75, 3.05) is 6.54 Å². The number of nitrogens with two attached hydrogens (primary N) is 1. The van der Waals surface area contributed by atoms with Gasteiger partial charge in [-0.1, -0.05) is 25.4 Å². The zero-order valence-corrected chi connectivity index (χ0v) is 10.7. The minimum Gasteiger partial charge on any atom is -0.387 e. The van der Waals surface area contributed by atoms with E-state index in [1.165, 1.54) is 11.3 Å². The van der Waals surface area contributed by atoms with Crippen LogP contribution in [0, 0.1) is 11.8 Å². The lowest BCUT2D eigenvalue weighted by molar-refractivity contribution is 0.103. The average Bonchev–Trinajstić information content (AvgIpc) is 2.59. The maximum absolute atomic E-state index is 10.1. The van der Waals surface area contributed by atoms with E-state index in [1.54, 1.807) is 0 Å². The third kappa shape index (κ3) is 3.45. The molecule has 2 nitrogen and oxygen atoms in total. The minimum atomic E-state index is -0.523. The second kappa shape index (κ2) is 5.85. The second-order valence-corrected chi connectivity index (χ2v) is 5.56. The summed E-state index contributed by atoms with van der Waals surface area (Å²) in [6.45, 7) is 4.75. The molecule has 0 aliphatic rings. The topological polar surface area (TPSA) is 46.2 Å². The smallest absolute Gasteiger partial charge is 0.0937 e. The van der Waals surface area contributed by atoms with Crippen LogP contribution in [-0.4, -0.2) is 11.7 Å². The van der Waals surface area contributed by atoms with E-state index in [4.69, 9.17) is 17.3 Å². The molecule has 0 spiro atoms. The van der Waals surface area contributed by atoms with Crippen LogP contribution in [0.4, 0.5) is 0 Å². The van der Waals surface area contributed by atoms with Crippen LogP contribution in [0.2, 0.25) is 5.02 Å². The third-order valence-corrected chi connectivity index (χ3v) is 3.87. The largest absolute Gasteiger partial charge is 0.387 e. The molecule has 1 rings (SSSR count). The molecule has 0 radical (unpaired) electrons. The van der Waals surface area contributed by atoms with Gasteiger partial charge in [0.2, 0.25) is 0 Å². The van der Waals surface area contributed by atoms with Crippen LogP contribution in [0.3, 0.4) is 0 Å². The van der Waals surface area contributed by atoms with Crippen LogP contribution in [-0.2, 0) is 0 Å². The van der Waals surface area contributed by atoms with Crippen molar-refractivity contribution in [1.29, 1.82) is 0 Å². The van der Waals surface area contributed by atoms with Gasteiger partial charge in [-0.3, -0.25) is 0 Å². The molecule has 0 bridgehead atoms. The highest BCUT2D eigenvalue weighted by Gasteiger charge is 2.23. The molecule has 2 unspecified atom stereocenters. The maximum Gasteiger partial charge on any atom is 0.0937 e. The van der Waals surface area contributed by atoms with E-state index >= 15 is 0 Å². The molecular formula is C11H18ClNOS. The van der Waals surface area contributed by atoms with E-state index in [9.17, 15) is 5.11 Å². The lowest BCUT2D eigenvalue weighted by Crippen LogP contribution is -2.23. The average molecular weight is 248 g/mol. The maximum atomic E-state index is 10.1. The van der Waals surface area contributed by atoms with Crippen molar-refractivity contribution in [1.82, 2.24) is 0 Å². The number of hydrogen-bond donors (Lipinski definition) is 2. The van der Waals surface area contributed by atoms with Crippen molar-refractivity contribution in [2.45, 2.75) is 26.4 Å². The minimum absolute atomic E-state index is 0.0983. The normalized spacial score (nSPS) is 15.6. The Labute approximate surface area is 100 Å². The molecule has 0 saturated carbocycles. The van der Waals surface area contributed by atoms with Gasteiger partial charge in [0, 0.05) is 5.92 Å². The number of thiophene rings is 1. The Kier molecular flexibility index (Phi) is 5.06. The van der Waals surface area contributed by atoms with Crippen LogP contribution in [0.25, 0.3) is 0 Å². The predicted octanol–water partition coefficient (Wildman–Crippen LogP) is 3.06. The molecule has 15 heavy (non-hydrogen) atoms. The molecule has 0 aromatic carbocycles. The molecule has 0 saturated heterocycles. The van der Waals surface area contributed by atoms with Crippen LogP contribution in [0.5, 0.6) is 0 Å². The lowest BCUT2D eigenvalue weighted by Gasteiger charge is -2.22. The zero-order valence-electron chi connectivity index (χ0n) is 9.11. The Bertz CT molecular complexity index is 301. The first-order chi connectivity index (χ1) is 7.06. The first-order valence-corrected chi connectivity index (χ1v) is 6.43. The monoisotopic (exact) mass is 247 g/mol. The van der Waals surface area contributed by atoms with Gasteiger partial charge in [0.05, 0.1) is 16.0 Å². The third-order valence-electron chi connectivity index (χ3n) is 2.44. The van der Waals surface area contributed by atoms with Crippen molar-refractivity contribution in [3.8, 4) is 0 Å². The van der Waals surface area contributed by atoms with Gasteiger partial charge in [0.1, 0.15) is 0 Å². The van der Waals surface area contributed by atoms with E-state index < -0.39 is 6.10 Å². The number of aliphatic hydroxyl groups is 1. The Morgan fingerprint density at radius 3 is 2.60 bits per heavy atom. The molecule has 2 atom stereocenters. The molecule has 0 amide bonds. The summed E-state index contributed by atoms with van der Waals surface area (Å²) in [5, 5.41) is 12.7. The molecular weight excluding hydrogens is 230 g/mol. The summed E-state index contributed by atoms with van der Waals surface area (Å²) >= 11 is 7.47. The summed E-state index contributed by atoms with van der Waals surface area (Å²) in [4.78, 5) is 0.841. The highest BCUT2D eigenvalue weighted by atomic mass is 35.5. The molecule has 4 heteroatoms. The molecule has 0 fully saturated rings. The summed E-state index contributed by atoms with van der Waals surface area (Å²) < 4.78 is 0. The molecule has 0 aliphatic carbocycles. The van der Waals surface area contributed by atoms with Gasteiger partial charge >= 0.3 is 0 Å². The summed E-state index contributed by atoms with van der Waals surface area (Å²) in [6.07, 6.45) is 0.399. The number of hydrogen-bond acceptors (Lipinski definition) is 3. The van der Waals surface area contributed by atoms with Crippen molar-refractivity contribution < 1.29 is 5.11 Å². The summed E-state index contributed by atoms with van der Waals surface area (Å²) in [5.74, 6) is 0.632. The number of halogens is 1. The van der Waals surface area contributed by atoms with E-state index in [-0.39, 0.29) is 5.92 Å². The van der Waals surface area contributed by atoms with Crippen LogP contribution in [0.15, 0.2) is 11.4 Å². The van der Waals surface area contributed by atoms with E-state index in [2.05, 4.69) is 13.8 Å². The van der Waals surface area contributed by atoms with E-state index in [0.29, 0.717) is 17.5 Å². The molecule has 1 heterocycles. The molecule has 1 aromatic heterocycles. The fourth-order valence-corrected chi connectivity index (χ4v) is 2.94. The van der Waals surface area contributed by atoms with Crippen LogP contribution in [0.1, 0.15) is 31.2 Å². The van der Waals surface area contributed by atoms with Gasteiger partial charge in [-0.2, -0.15) is 0 Å². The van der Waals surface area contributed by atoms with Gasteiger partial charge in [0.25, 0.3) is 0 Å². The molecule has 0 aliphatic heterocycles. The predicted molar refractivity (Wildman–Crippen MR) is 66.3 cm³/mol. The summed E-state index contributed by atoms with van der Waals surface area (Å²) in [6, 6.07) is 1.81. The zero-order chi connectivity index (χ0) is 11.4. The first kappa shape index (κ1) is 13.0. The quantitative estimate of drug-likeness (QED) is 0.840. The van der Waals surface area contributed by atoms with E-state index in [1.807, 2.05) is 11.4 Å². The first-order valence-electron chi connectivity index (χ1n) is 5.17. The summed E-state index contributed by atoms with van der Waals surface area (Å²) in [5.41, 5.74) is 5.68. The Morgan fingerprint density at radius 1 is 1.53 bits per heavy atom. The van der Waals surface area contributed by atoms with Gasteiger partial charge in [-0.05, 0) is 30.3 Å². The van der Waals surface area contributed by atoms with Crippen molar-refractivity contribution in [2.24, 2.45) is 17.6 Å². The fourth-order valence-electron chi connectivity index (χ4n) is 1.69. The van der Waals surface area contributed by atoms with Gasteiger partial charge in [0.15, 0.2) is 0 Å². The van der Waals surface area contributed by atoms with Gasteiger partial charge < -0.3 is 10.8 Å². The SMILES string of the molecule is CC(C)CC(CN)C(O)c1sccc1Cl.